The van der Waals surface area contributed by atoms with Crippen LogP contribution in [0.3, 0.4) is 0 Å². The van der Waals surface area contributed by atoms with Gasteiger partial charge in [-0.2, -0.15) is 0 Å². The maximum atomic E-state index is 13.7. The summed E-state index contributed by atoms with van der Waals surface area (Å²) in [7, 11) is 1.81. The highest BCUT2D eigenvalue weighted by Crippen LogP contribution is 2.25. The molecule has 0 radical (unpaired) electrons. The number of benzene rings is 1. The molecule has 0 unspecified atom stereocenters. The molecule has 0 bridgehead atoms. The van der Waals surface area contributed by atoms with E-state index >= 15 is 0 Å². The van der Waals surface area contributed by atoms with Crippen LogP contribution in [0, 0.1) is 5.82 Å². The smallest absolute Gasteiger partial charge is 0.146 e. The van der Waals surface area contributed by atoms with Gasteiger partial charge in [-0.3, -0.25) is 0 Å². The quantitative estimate of drug-likeness (QED) is 0.885. The molecule has 19 heavy (non-hydrogen) atoms. The Morgan fingerprint density at radius 2 is 1.95 bits per heavy atom. The second-order valence-corrected chi connectivity index (χ2v) is 4.32. The fraction of sp³-hybridized carbons (Fsp3) is 0.267. The van der Waals surface area contributed by atoms with Crippen LogP contribution in [-0.2, 0) is 0 Å². The predicted molar refractivity (Wildman–Crippen MR) is 77.5 cm³/mol. The molecule has 0 aliphatic carbocycles. The fourth-order valence-corrected chi connectivity index (χ4v) is 1.81. The third-order valence-electron chi connectivity index (χ3n) is 2.85. The maximum absolute atomic E-state index is 13.7. The van der Waals surface area contributed by atoms with Gasteiger partial charge in [0.15, 0.2) is 0 Å². The highest BCUT2D eigenvalue weighted by Gasteiger charge is 2.09. The molecule has 2 aromatic rings. The molecule has 0 amide bonds. The third kappa shape index (κ3) is 3.22. The summed E-state index contributed by atoms with van der Waals surface area (Å²) >= 11 is 0. The monoisotopic (exact) mass is 259 g/mol. The number of hydrogen-bond acceptors (Lipinski definition) is 3. The lowest BCUT2D eigenvalue weighted by atomic mass is 10.3. The third-order valence-corrected chi connectivity index (χ3v) is 2.85. The molecule has 0 fully saturated rings. The van der Waals surface area contributed by atoms with Gasteiger partial charge in [0.1, 0.15) is 17.5 Å². The van der Waals surface area contributed by atoms with Gasteiger partial charge in [0.2, 0.25) is 0 Å². The average molecular weight is 259 g/mol. The molecule has 2 rings (SSSR count). The second kappa shape index (κ2) is 6.18. The van der Waals surface area contributed by atoms with Gasteiger partial charge in [-0.25, -0.2) is 9.37 Å². The number of nitrogens with one attached hydrogen (secondary N) is 1. The molecule has 0 saturated heterocycles. The lowest BCUT2D eigenvalue weighted by Gasteiger charge is -2.19. The normalized spacial score (nSPS) is 10.3. The van der Waals surface area contributed by atoms with Gasteiger partial charge < -0.3 is 10.2 Å². The zero-order valence-corrected chi connectivity index (χ0v) is 11.2. The minimum Gasteiger partial charge on any atom is -0.370 e. The van der Waals surface area contributed by atoms with Gasteiger partial charge in [-0.15, -0.1) is 0 Å². The van der Waals surface area contributed by atoms with Gasteiger partial charge in [-0.1, -0.05) is 25.1 Å². The molecule has 100 valence electrons. The van der Waals surface area contributed by atoms with Gasteiger partial charge in [0.25, 0.3) is 0 Å². The molecule has 0 aliphatic rings. The molecule has 0 saturated carbocycles. The molecule has 0 aliphatic heterocycles. The van der Waals surface area contributed by atoms with Crippen LogP contribution in [0.4, 0.5) is 21.7 Å². The van der Waals surface area contributed by atoms with Crippen molar-refractivity contribution in [2.45, 2.75) is 13.3 Å². The summed E-state index contributed by atoms with van der Waals surface area (Å²) < 4.78 is 13.7. The van der Waals surface area contributed by atoms with Crippen LogP contribution in [0.15, 0.2) is 42.5 Å². The van der Waals surface area contributed by atoms with Crippen LogP contribution in [-0.4, -0.2) is 18.6 Å². The molecular formula is C15H18FN3. The van der Waals surface area contributed by atoms with Crippen molar-refractivity contribution >= 4 is 17.3 Å². The van der Waals surface area contributed by atoms with E-state index < -0.39 is 0 Å². The van der Waals surface area contributed by atoms with Crippen molar-refractivity contribution < 1.29 is 4.39 Å². The van der Waals surface area contributed by atoms with Crippen LogP contribution in [0.1, 0.15) is 13.3 Å². The number of aromatic nitrogens is 1. The summed E-state index contributed by atoms with van der Waals surface area (Å²) in [5.41, 5.74) is 0.516. The Morgan fingerprint density at radius 3 is 2.68 bits per heavy atom. The summed E-state index contributed by atoms with van der Waals surface area (Å²) in [4.78, 5) is 6.22. The van der Waals surface area contributed by atoms with Crippen molar-refractivity contribution in [3.63, 3.8) is 0 Å². The van der Waals surface area contributed by atoms with Crippen LogP contribution in [0.5, 0.6) is 0 Å². The number of nitrogens with zero attached hydrogens (tertiary/aromatic N) is 2. The van der Waals surface area contributed by atoms with Crippen LogP contribution >= 0.6 is 0 Å². The second-order valence-electron chi connectivity index (χ2n) is 4.32. The zero-order valence-electron chi connectivity index (χ0n) is 11.2. The van der Waals surface area contributed by atoms with E-state index in [1.807, 2.05) is 31.3 Å². The molecular weight excluding hydrogens is 241 g/mol. The molecule has 3 nitrogen and oxygen atoms in total. The number of pyridine rings is 1. The Balaban J connectivity index is 2.24. The first-order valence-corrected chi connectivity index (χ1v) is 6.41. The maximum Gasteiger partial charge on any atom is 0.146 e. The summed E-state index contributed by atoms with van der Waals surface area (Å²) in [6.07, 6.45) is 1.04. The lowest BCUT2D eigenvalue weighted by molar-refractivity contribution is 0.627. The van der Waals surface area contributed by atoms with Crippen molar-refractivity contribution in [2.24, 2.45) is 0 Å². The average Bonchev–Trinajstić information content (AvgIpc) is 2.45. The zero-order chi connectivity index (χ0) is 13.7. The first kappa shape index (κ1) is 13.3. The van der Waals surface area contributed by atoms with Crippen LogP contribution in [0.2, 0.25) is 0 Å². The highest BCUT2D eigenvalue weighted by molar-refractivity contribution is 5.61. The van der Waals surface area contributed by atoms with Crippen LogP contribution < -0.4 is 10.2 Å². The Labute approximate surface area is 113 Å². The SMILES string of the molecule is CCCNc1cccc(N(C)c2ccccc2F)n1. The Hall–Kier alpha value is -2.10. The minimum absolute atomic E-state index is 0.251. The van der Waals surface area contributed by atoms with Gasteiger partial charge in [-0.05, 0) is 30.7 Å². The first-order chi connectivity index (χ1) is 9.22. The molecule has 1 heterocycles. The molecule has 1 N–H and O–H groups in total. The number of anilines is 3. The lowest BCUT2D eigenvalue weighted by Crippen LogP contribution is -2.13. The van der Waals surface area contributed by atoms with E-state index in [2.05, 4.69) is 17.2 Å². The summed E-state index contributed by atoms with van der Waals surface area (Å²) in [6, 6.07) is 12.4. The molecule has 4 heteroatoms. The first-order valence-electron chi connectivity index (χ1n) is 6.41. The Bertz CT molecular complexity index is 542. The Morgan fingerprint density at radius 1 is 1.16 bits per heavy atom. The Kier molecular flexibility index (Phi) is 4.34. The van der Waals surface area contributed by atoms with E-state index in [0.717, 1.165) is 18.8 Å². The standard InChI is InChI=1S/C15H18FN3/c1-3-11-17-14-9-6-10-15(18-14)19(2)13-8-5-4-7-12(13)16/h4-10H,3,11H2,1-2H3,(H,17,18). The van der Waals surface area contributed by atoms with E-state index in [-0.39, 0.29) is 5.82 Å². The van der Waals surface area contributed by atoms with Crippen molar-refractivity contribution in [3.8, 4) is 0 Å². The number of para-hydroxylation sites is 1. The van der Waals surface area contributed by atoms with Crippen molar-refractivity contribution in [1.82, 2.24) is 4.98 Å². The molecule has 1 aromatic carbocycles. The highest BCUT2D eigenvalue weighted by atomic mass is 19.1. The van der Waals surface area contributed by atoms with Crippen molar-refractivity contribution in [1.29, 1.82) is 0 Å². The minimum atomic E-state index is -0.251. The van der Waals surface area contributed by atoms with E-state index in [1.165, 1.54) is 6.07 Å². The van der Waals surface area contributed by atoms with Gasteiger partial charge >= 0.3 is 0 Å². The van der Waals surface area contributed by atoms with Gasteiger partial charge in [0, 0.05) is 13.6 Å². The summed E-state index contributed by atoms with van der Waals surface area (Å²) in [5.74, 6) is 1.27. The van der Waals surface area contributed by atoms with E-state index in [9.17, 15) is 4.39 Å². The predicted octanol–water partition coefficient (Wildman–Crippen LogP) is 3.81. The largest absolute Gasteiger partial charge is 0.370 e. The fourth-order valence-electron chi connectivity index (χ4n) is 1.81. The van der Waals surface area contributed by atoms with Gasteiger partial charge in [0.05, 0.1) is 5.69 Å². The van der Waals surface area contributed by atoms with Crippen LogP contribution in [0.25, 0.3) is 0 Å². The molecule has 0 atom stereocenters. The summed E-state index contributed by atoms with van der Waals surface area (Å²) in [5, 5.41) is 3.22. The van der Waals surface area contributed by atoms with Crippen molar-refractivity contribution in [3.05, 3.63) is 48.3 Å². The number of rotatable bonds is 5. The topological polar surface area (TPSA) is 28.2 Å². The summed E-state index contributed by atoms with van der Waals surface area (Å²) in [6.45, 7) is 2.97. The van der Waals surface area contributed by atoms with E-state index in [1.54, 1.807) is 17.0 Å². The van der Waals surface area contributed by atoms with E-state index in [4.69, 9.17) is 0 Å². The molecule has 0 spiro atoms. The number of halogens is 1. The molecule has 1 aromatic heterocycles. The van der Waals surface area contributed by atoms with Crippen molar-refractivity contribution in [2.75, 3.05) is 23.8 Å². The van der Waals surface area contributed by atoms with E-state index in [0.29, 0.717) is 11.5 Å². The number of hydrogen-bond donors (Lipinski definition) is 1.